The maximum atomic E-state index is 11.3. The Morgan fingerprint density at radius 3 is 2.40 bits per heavy atom. The van der Waals surface area contributed by atoms with Crippen LogP contribution in [0, 0.1) is 5.92 Å². The number of ether oxygens (including phenoxy) is 1. The molecular weight excluding hydrogens is 321 g/mol. The molecule has 0 saturated heterocycles. The Hall–Kier alpha value is -0.490. The minimum atomic E-state index is -3.88. The molecule has 1 saturated carbocycles. The summed E-state index contributed by atoms with van der Waals surface area (Å²) >= 11 is 12.0. The highest BCUT2D eigenvalue weighted by molar-refractivity contribution is 7.89. The van der Waals surface area contributed by atoms with E-state index in [0.717, 1.165) is 12.8 Å². The number of sulfonamides is 1. The second-order valence-corrected chi connectivity index (χ2v) is 7.34. The van der Waals surface area contributed by atoms with Crippen LogP contribution in [0.15, 0.2) is 17.0 Å². The lowest BCUT2D eigenvalue weighted by molar-refractivity contribution is 0.209. The van der Waals surface area contributed by atoms with Gasteiger partial charge in [-0.25, -0.2) is 13.6 Å². The van der Waals surface area contributed by atoms with Crippen LogP contribution in [0.4, 0.5) is 0 Å². The van der Waals surface area contributed by atoms with Gasteiger partial charge in [-0.1, -0.05) is 42.5 Å². The fourth-order valence-electron chi connectivity index (χ4n) is 2.41. The SMILES string of the molecule is NS(=O)(=O)c1ccc(OCC2CCCCC2)c(Cl)c1Cl. The monoisotopic (exact) mass is 337 g/mol. The van der Waals surface area contributed by atoms with E-state index in [1.807, 2.05) is 0 Å². The molecule has 2 rings (SSSR count). The summed E-state index contributed by atoms with van der Waals surface area (Å²) in [5, 5.41) is 5.06. The fourth-order valence-corrected chi connectivity index (χ4v) is 3.77. The Morgan fingerprint density at radius 2 is 1.80 bits per heavy atom. The van der Waals surface area contributed by atoms with Crippen molar-refractivity contribution in [3.8, 4) is 5.75 Å². The predicted octanol–water partition coefficient (Wildman–Crippen LogP) is 3.60. The van der Waals surface area contributed by atoms with Crippen LogP contribution in [0.3, 0.4) is 0 Å². The Kier molecular flexibility index (Phi) is 5.18. The normalized spacial score (nSPS) is 17.1. The zero-order chi connectivity index (χ0) is 14.8. The largest absolute Gasteiger partial charge is 0.492 e. The third-order valence-corrected chi connectivity index (χ3v) is 5.45. The molecule has 112 valence electrons. The fraction of sp³-hybridized carbons (Fsp3) is 0.538. The molecule has 0 atom stereocenters. The first-order valence-electron chi connectivity index (χ1n) is 6.53. The molecular formula is C13H17Cl2NO3S. The van der Waals surface area contributed by atoms with Gasteiger partial charge in [-0.2, -0.15) is 0 Å². The molecule has 4 nitrogen and oxygen atoms in total. The number of primary sulfonamides is 1. The minimum Gasteiger partial charge on any atom is -0.492 e. The molecule has 0 bridgehead atoms. The molecule has 1 aliphatic rings. The van der Waals surface area contributed by atoms with Gasteiger partial charge in [-0.3, -0.25) is 0 Å². The molecule has 1 fully saturated rings. The van der Waals surface area contributed by atoms with Crippen molar-refractivity contribution in [3.05, 3.63) is 22.2 Å². The molecule has 0 aromatic heterocycles. The molecule has 1 aromatic carbocycles. The molecule has 1 aliphatic carbocycles. The summed E-state index contributed by atoms with van der Waals surface area (Å²) in [6.07, 6.45) is 6.05. The summed E-state index contributed by atoms with van der Waals surface area (Å²) in [6.45, 7) is 0.574. The first-order valence-corrected chi connectivity index (χ1v) is 8.83. The number of benzene rings is 1. The van der Waals surface area contributed by atoms with Crippen molar-refractivity contribution in [3.63, 3.8) is 0 Å². The summed E-state index contributed by atoms with van der Waals surface area (Å²) in [4.78, 5) is -0.186. The Bertz CT molecular complexity index is 584. The van der Waals surface area contributed by atoms with Crippen molar-refractivity contribution >= 4 is 33.2 Å². The van der Waals surface area contributed by atoms with Gasteiger partial charge in [0, 0.05) is 0 Å². The van der Waals surface area contributed by atoms with Gasteiger partial charge in [-0.05, 0) is 30.9 Å². The topological polar surface area (TPSA) is 69.4 Å². The van der Waals surface area contributed by atoms with Gasteiger partial charge >= 0.3 is 0 Å². The van der Waals surface area contributed by atoms with E-state index < -0.39 is 10.0 Å². The van der Waals surface area contributed by atoms with Gasteiger partial charge in [0.25, 0.3) is 0 Å². The van der Waals surface area contributed by atoms with Crippen LogP contribution < -0.4 is 9.88 Å². The van der Waals surface area contributed by atoms with Crippen molar-refractivity contribution in [1.29, 1.82) is 0 Å². The molecule has 0 aliphatic heterocycles. The first-order chi connectivity index (χ1) is 9.39. The van der Waals surface area contributed by atoms with Crippen LogP contribution in [0.5, 0.6) is 5.75 Å². The van der Waals surface area contributed by atoms with Crippen LogP contribution in [-0.4, -0.2) is 15.0 Å². The molecule has 7 heteroatoms. The Morgan fingerprint density at radius 1 is 1.15 bits per heavy atom. The average Bonchev–Trinajstić information content (AvgIpc) is 2.40. The number of nitrogens with two attached hydrogens (primary N) is 1. The highest BCUT2D eigenvalue weighted by atomic mass is 35.5. The number of hydrogen-bond acceptors (Lipinski definition) is 3. The standard InChI is InChI=1S/C13H17Cl2NO3S/c14-12-10(19-8-9-4-2-1-3-5-9)6-7-11(13(12)15)20(16,17)18/h6-7,9H,1-5,8H2,(H2,16,17,18). The summed E-state index contributed by atoms with van der Waals surface area (Å²) in [7, 11) is -3.88. The first kappa shape index (κ1) is 15.9. The zero-order valence-corrected chi connectivity index (χ0v) is 13.3. The van der Waals surface area contributed by atoms with Crippen LogP contribution in [0.2, 0.25) is 10.0 Å². The molecule has 20 heavy (non-hydrogen) atoms. The van der Waals surface area contributed by atoms with Crippen LogP contribution in [0.25, 0.3) is 0 Å². The van der Waals surface area contributed by atoms with E-state index in [1.165, 1.54) is 31.4 Å². The van der Waals surface area contributed by atoms with Crippen molar-refractivity contribution in [1.82, 2.24) is 0 Å². The Labute approximate surface area is 129 Å². The maximum absolute atomic E-state index is 11.3. The van der Waals surface area contributed by atoms with E-state index in [1.54, 1.807) is 0 Å². The lowest BCUT2D eigenvalue weighted by atomic mass is 9.90. The molecule has 0 heterocycles. The molecule has 1 aromatic rings. The van der Waals surface area contributed by atoms with Gasteiger partial charge in [0.15, 0.2) is 0 Å². The minimum absolute atomic E-state index is 0.0877. The van der Waals surface area contributed by atoms with Gasteiger partial charge in [-0.15, -0.1) is 0 Å². The average molecular weight is 338 g/mol. The molecule has 2 N–H and O–H groups in total. The van der Waals surface area contributed by atoms with Crippen LogP contribution in [-0.2, 0) is 10.0 Å². The lowest BCUT2D eigenvalue weighted by Gasteiger charge is -2.22. The number of halogens is 2. The van der Waals surface area contributed by atoms with Gasteiger partial charge in [0.05, 0.1) is 11.6 Å². The second-order valence-electron chi connectivity index (χ2n) is 5.05. The highest BCUT2D eigenvalue weighted by Gasteiger charge is 2.20. The summed E-state index contributed by atoms with van der Waals surface area (Å²) in [5.41, 5.74) is 0. The molecule has 0 spiro atoms. The zero-order valence-electron chi connectivity index (χ0n) is 10.9. The Balaban J connectivity index is 2.11. The summed E-state index contributed by atoms with van der Waals surface area (Å²) in [5.74, 6) is 0.922. The summed E-state index contributed by atoms with van der Waals surface area (Å²) in [6, 6.07) is 2.82. The van der Waals surface area contributed by atoms with Gasteiger partial charge in [0.2, 0.25) is 10.0 Å². The van der Waals surface area contributed by atoms with Gasteiger partial charge < -0.3 is 4.74 Å². The van der Waals surface area contributed by atoms with E-state index in [0.29, 0.717) is 18.3 Å². The van der Waals surface area contributed by atoms with E-state index in [2.05, 4.69) is 0 Å². The smallest absolute Gasteiger partial charge is 0.239 e. The van der Waals surface area contributed by atoms with Crippen molar-refractivity contribution < 1.29 is 13.2 Å². The third kappa shape index (κ3) is 3.79. The number of rotatable bonds is 4. The van der Waals surface area contributed by atoms with E-state index in [-0.39, 0.29) is 14.9 Å². The molecule has 0 unspecified atom stereocenters. The van der Waals surface area contributed by atoms with Crippen LogP contribution >= 0.6 is 23.2 Å². The lowest BCUT2D eigenvalue weighted by Crippen LogP contribution is -2.16. The predicted molar refractivity (Wildman–Crippen MR) is 79.9 cm³/mol. The van der Waals surface area contributed by atoms with E-state index >= 15 is 0 Å². The second kappa shape index (κ2) is 6.52. The van der Waals surface area contributed by atoms with E-state index in [4.69, 9.17) is 33.1 Å². The van der Waals surface area contributed by atoms with Crippen LogP contribution in [0.1, 0.15) is 32.1 Å². The van der Waals surface area contributed by atoms with E-state index in [9.17, 15) is 8.42 Å². The van der Waals surface area contributed by atoms with Gasteiger partial charge in [0.1, 0.15) is 15.7 Å². The van der Waals surface area contributed by atoms with Crippen molar-refractivity contribution in [2.24, 2.45) is 11.1 Å². The number of hydrogen-bond donors (Lipinski definition) is 1. The molecule has 0 amide bonds. The summed E-state index contributed by atoms with van der Waals surface area (Å²) < 4.78 is 28.3. The maximum Gasteiger partial charge on any atom is 0.239 e. The van der Waals surface area contributed by atoms with Crippen molar-refractivity contribution in [2.75, 3.05) is 6.61 Å². The quantitative estimate of drug-likeness (QED) is 0.912. The third-order valence-electron chi connectivity index (χ3n) is 3.52. The molecule has 0 radical (unpaired) electrons. The highest BCUT2D eigenvalue weighted by Crippen LogP contribution is 2.37. The van der Waals surface area contributed by atoms with Crippen molar-refractivity contribution in [2.45, 2.75) is 37.0 Å².